The van der Waals surface area contributed by atoms with E-state index in [9.17, 15) is 4.79 Å². The van der Waals surface area contributed by atoms with E-state index in [4.69, 9.17) is 17.3 Å². The Bertz CT molecular complexity index is 398. The van der Waals surface area contributed by atoms with Crippen LogP contribution in [0.5, 0.6) is 0 Å². The molecule has 3 N–H and O–H groups in total. The molecule has 1 aromatic rings. The van der Waals surface area contributed by atoms with Gasteiger partial charge >= 0.3 is 0 Å². The topological polar surface area (TPSA) is 55.1 Å². The van der Waals surface area contributed by atoms with Crippen molar-refractivity contribution in [1.82, 2.24) is 5.32 Å². The molecule has 17 heavy (non-hydrogen) atoms. The van der Waals surface area contributed by atoms with E-state index < -0.39 is 0 Å². The molecule has 0 aliphatic rings. The van der Waals surface area contributed by atoms with Gasteiger partial charge in [-0.05, 0) is 31.5 Å². The van der Waals surface area contributed by atoms with Gasteiger partial charge in [-0.15, -0.1) is 11.8 Å². The second-order valence-corrected chi connectivity index (χ2v) is 5.30. The number of nitrogen functional groups attached to an aromatic ring is 1. The Balaban J connectivity index is 2.47. The lowest BCUT2D eigenvalue weighted by atomic mass is 10.3. The van der Waals surface area contributed by atoms with Gasteiger partial charge in [0.2, 0.25) is 5.91 Å². The normalized spacial score (nSPS) is 12.2. The fourth-order valence-electron chi connectivity index (χ4n) is 1.21. The molecule has 94 valence electrons. The molecule has 0 aromatic heterocycles. The number of anilines is 1. The van der Waals surface area contributed by atoms with Gasteiger partial charge in [0.25, 0.3) is 0 Å². The molecular weight excluding hydrogens is 256 g/mol. The van der Waals surface area contributed by atoms with Gasteiger partial charge in [0, 0.05) is 21.6 Å². The lowest BCUT2D eigenvalue weighted by molar-refractivity contribution is -0.119. The Morgan fingerprint density at radius 2 is 2.29 bits per heavy atom. The van der Waals surface area contributed by atoms with Gasteiger partial charge < -0.3 is 11.1 Å². The summed E-state index contributed by atoms with van der Waals surface area (Å²) in [6, 6.07) is 5.51. The molecule has 1 unspecified atom stereocenters. The van der Waals surface area contributed by atoms with E-state index in [1.165, 1.54) is 11.8 Å². The first-order valence-corrected chi connectivity index (χ1v) is 6.86. The number of nitrogens with one attached hydrogen (secondary N) is 1. The monoisotopic (exact) mass is 272 g/mol. The van der Waals surface area contributed by atoms with E-state index in [0.717, 1.165) is 11.3 Å². The van der Waals surface area contributed by atoms with Gasteiger partial charge in [0.15, 0.2) is 0 Å². The van der Waals surface area contributed by atoms with Crippen LogP contribution in [0.1, 0.15) is 20.3 Å². The lowest BCUT2D eigenvalue weighted by Crippen LogP contribution is -2.33. The number of carbonyl (C=O) groups excluding carboxylic acids is 1. The van der Waals surface area contributed by atoms with Crippen molar-refractivity contribution in [3.63, 3.8) is 0 Å². The number of halogens is 1. The number of benzene rings is 1. The second kappa shape index (κ2) is 6.77. The zero-order chi connectivity index (χ0) is 12.8. The third-order valence-corrected chi connectivity index (χ3v) is 3.67. The van der Waals surface area contributed by atoms with Gasteiger partial charge in [-0.1, -0.05) is 18.5 Å². The number of carbonyl (C=O) groups is 1. The van der Waals surface area contributed by atoms with Crippen molar-refractivity contribution >= 4 is 35.0 Å². The molecule has 1 amide bonds. The largest absolute Gasteiger partial charge is 0.398 e. The average Bonchev–Trinajstić information content (AvgIpc) is 2.27. The molecule has 0 aliphatic carbocycles. The predicted molar refractivity (Wildman–Crippen MR) is 74.5 cm³/mol. The van der Waals surface area contributed by atoms with Gasteiger partial charge in [-0.2, -0.15) is 0 Å². The Hall–Kier alpha value is -0.870. The molecule has 5 heteroatoms. The van der Waals surface area contributed by atoms with Crippen molar-refractivity contribution in [2.24, 2.45) is 0 Å². The summed E-state index contributed by atoms with van der Waals surface area (Å²) in [4.78, 5) is 12.4. The molecule has 0 radical (unpaired) electrons. The fraction of sp³-hybridized carbons (Fsp3) is 0.417. The van der Waals surface area contributed by atoms with Gasteiger partial charge in [0.05, 0.1) is 5.75 Å². The molecule has 0 saturated carbocycles. The first-order chi connectivity index (χ1) is 8.02. The van der Waals surface area contributed by atoms with Crippen LogP contribution < -0.4 is 11.1 Å². The Morgan fingerprint density at radius 1 is 1.59 bits per heavy atom. The highest BCUT2D eigenvalue weighted by Gasteiger charge is 2.07. The van der Waals surface area contributed by atoms with E-state index in [-0.39, 0.29) is 11.9 Å². The first kappa shape index (κ1) is 14.2. The van der Waals surface area contributed by atoms with E-state index in [1.807, 2.05) is 19.9 Å². The number of thioether (sulfide) groups is 1. The predicted octanol–water partition coefficient (Wildman–Crippen LogP) is 2.93. The molecule has 0 bridgehead atoms. The highest BCUT2D eigenvalue weighted by atomic mass is 35.5. The maximum atomic E-state index is 11.6. The summed E-state index contributed by atoms with van der Waals surface area (Å²) in [7, 11) is 0. The van der Waals surface area contributed by atoms with Crippen LogP contribution in [-0.4, -0.2) is 17.7 Å². The SMILES string of the molecule is CCC(C)NC(=O)CSc1ccc(Cl)cc1N. The summed E-state index contributed by atoms with van der Waals surface area (Å²) in [5.41, 5.74) is 6.41. The number of amides is 1. The van der Waals surface area contributed by atoms with Gasteiger partial charge in [0.1, 0.15) is 0 Å². The van der Waals surface area contributed by atoms with E-state index in [1.54, 1.807) is 12.1 Å². The molecule has 1 rings (SSSR count). The van der Waals surface area contributed by atoms with Crippen LogP contribution in [-0.2, 0) is 4.79 Å². The van der Waals surface area contributed by atoms with Crippen LogP contribution in [0.4, 0.5) is 5.69 Å². The zero-order valence-corrected chi connectivity index (χ0v) is 11.6. The minimum atomic E-state index is 0.0266. The standard InChI is InChI=1S/C12H17ClN2OS/c1-3-8(2)15-12(16)7-17-11-5-4-9(13)6-10(11)14/h4-6,8H,3,7,14H2,1-2H3,(H,15,16). The molecule has 0 heterocycles. The molecule has 0 spiro atoms. The summed E-state index contributed by atoms with van der Waals surface area (Å²) in [6.45, 7) is 4.02. The summed E-state index contributed by atoms with van der Waals surface area (Å²) in [6.07, 6.45) is 0.930. The third kappa shape index (κ3) is 4.88. The van der Waals surface area contributed by atoms with Crippen LogP contribution in [0.15, 0.2) is 23.1 Å². The van der Waals surface area contributed by atoms with Crippen molar-refractivity contribution < 1.29 is 4.79 Å². The minimum absolute atomic E-state index is 0.0266. The minimum Gasteiger partial charge on any atom is -0.398 e. The van der Waals surface area contributed by atoms with Gasteiger partial charge in [-0.3, -0.25) is 4.79 Å². The highest BCUT2D eigenvalue weighted by Crippen LogP contribution is 2.27. The quantitative estimate of drug-likeness (QED) is 0.640. The van der Waals surface area contributed by atoms with Crippen LogP contribution in [0.3, 0.4) is 0 Å². The highest BCUT2D eigenvalue weighted by molar-refractivity contribution is 8.00. The molecule has 0 fully saturated rings. The van der Waals surface area contributed by atoms with Gasteiger partial charge in [-0.25, -0.2) is 0 Å². The van der Waals surface area contributed by atoms with Crippen LogP contribution in [0.25, 0.3) is 0 Å². The molecule has 0 aliphatic heterocycles. The van der Waals surface area contributed by atoms with E-state index in [2.05, 4.69) is 5.32 Å². The zero-order valence-electron chi connectivity index (χ0n) is 10.00. The fourth-order valence-corrected chi connectivity index (χ4v) is 2.15. The average molecular weight is 273 g/mol. The van der Waals surface area contributed by atoms with Crippen molar-refractivity contribution in [3.05, 3.63) is 23.2 Å². The third-order valence-electron chi connectivity index (χ3n) is 2.35. The van der Waals surface area contributed by atoms with E-state index in [0.29, 0.717) is 16.5 Å². The maximum absolute atomic E-state index is 11.6. The maximum Gasteiger partial charge on any atom is 0.230 e. The summed E-state index contributed by atoms with van der Waals surface area (Å²) in [5.74, 6) is 0.398. The molecule has 1 atom stereocenters. The van der Waals surface area contributed by atoms with E-state index >= 15 is 0 Å². The van der Waals surface area contributed by atoms with Crippen molar-refractivity contribution in [3.8, 4) is 0 Å². The Morgan fingerprint density at radius 3 is 2.88 bits per heavy atom. The van der Waals surface area contributed by atoms with Crippen molar-refractivity contribution in [1.29, 1.82) is 0 Å². The number of hydrogen-bond donors (Lipinski definition) is 2. The van der Waals surface area contributed by atoms with Crippen LogP contribution in [0.2, 0.25) is 5.02 Å². The lowest BCUT2D eigenvalue weighted by Gasteiger charge is -2.11. The summed E-state index contributed by atoms with van der Waals surface area (Å²) < 4.78 is 0. The number of hydrogen-bond acceptors (Lipinski definition) is 3. The summed E-state index contributed by atoms with van der Waals surface area (Å²) in [5, 5.41) is 3.51. The Kier molecular flexibility index (Phi) is 5.65. The molecule has 3 nitrogen and oxygen atoms in total. The first-order valence-electron chi connectivity index (χ1n) is 5.50. The molecule has 1 aromatic carbocycles. The smallest absolute Gasteiger partial charge is 0.230 e. The summed E-state index contributed by atoms with van der Waals surface area (Å²) >= 11 is 7.22. The number of rotatable bonds is 5. The van der Waals surface area contributed by atoms with Crippen molar-refractivity contribution in [2.75, 3.05) is 11.5 Å². The molecule has 0 saturated heterocycles. The second-order valence-electron chi connectivity index (χ2n) is 3.85. The molecular formula is C12H17ClN2OS. The van der Waals surface area contributed by atoms with Crippen molar-refractivity contribution in [2.45, 2.75) is 31.2 Å². The Labute approximate surface area is 111 Å². The van der Waals surface area contributed by atoms with Crippen LogP contribution >= 0.6 is 23.4 Å². The van der Waals surface area contributed by atoms with Crippen LogP contribution in [0, 0.1) is 0 Å². The number of nitrogens with two attached hydrogens (primary N) is 1.